The summed E-state index contributed by atoms with van der Waals surface area (Å²) in [6.45, 7) is 2.48. The molecule has 1 N–H and O–H groups in total. The third-order valence-electron chi connectivity index (χ3n) is 4.31. The summed E-state index contributed by atoms with van der Waals surface area (Å²) in [6, 6.07) is 10.7. The molecule has 1 aliphatic heterocycles. The Balaban J connectivity index is 0.00000182. The lowest BCUT2D eigenvalue weighted by atomic mass is 10.1. The zero-order valence-electron chi connectivity index (χ0n) is 13.4. The van der Waals surface area contributed by atoms with Gasteiger partial charge >= 0.3 is 0 Å². The molecule has 25 heavy (non-hydrogen) atoms. The van der Waals surface area contributed by atoms with Crippen LogP contribution in [0.2, 0.25) is 0 Å². The Labute approximate surface area is 150 Å². The molecule has 0 unspecified atom stereocenters. The number of hydrogen-bond donors (Lipinski definition) is 1. The van der Waals surface area contributed by atoms with E-state index in [1.54, 1.807) is 0 Å². The van der Waals surface area contributed by atoms with Crippen molar-refractivity contribution in [1.29, 1.82) is 0 Å². The standard InChI is InChI=1S/C18H17F2N3O.ClH/c19-13-5-6-15(20)17(9-13)23-16-4-2-1-3-14(16)18(22-23)24-11-12-7-8-21-10-12;/h1-6,9,12,21H,7-8,10-11H2;1H/t12-;/m1./s1. The van der Waals surface area contributed by atoms with Gasteiger partial charge in [-0.25, -0.2) is 13.5 Å². The van der Waals surface area contributed by atoms with Crippen molar-refractivity contribution in [3.05, 3.63) is 54.1 Å². The molecular weight excluding hydrogens is 348 g/mol. The SMILES string of the molecule is Cl.Fc1ccc(F)c(-n2nc(OC[C@@H]3CCNC3)c3ccccc32)c1. The molecule has 0 spiro atoms. The van der Waals surface area contributed by atoms with Gasteiger partial charge in [0.05, 0.1) is 17.5 Å². The predicted molar refractivity (Wildman–Crippen MR) is 94.7 cm³/mol. The van der Waals surface area contributed by atoms with Gasteiger partial charge in [-0.3, -0.25) is 0 Å². The lowest BCUT2D eigenvalue weighted by Gasteiger charge is -2.08. The summed E-state index contributed by atoms with van der Waals surface area (Å²) >= 11 is 0. The molecule has 4 nitrogen and oxygen atoms in total. The van der Waals surface area contributed by atoms with Gasteiger partial charge < -0.3 is 10.1 Å². The van der Waals surface area contributed by atoms with Gasteiger partial charge in [-0.05, 0) is 37.2 Å². The van der Waals surface area contributed by atoms with Gasteiger partial charge in [-0.15, -0.1) is 17.5 Å². The van der Waals surface area contributed by atoms with Crippen molar-refractivity contribution in [3.63, 3.8) is 0 Å². The van der Waals surface area contributed by atoms with E-state index in [1.807, 2.05) is 24.3 Å². The molecule has 132 valence electrons. The van der Waals surface area contributed by atoms with Crippen LogP contribution in [0.15, 0.2) is 42.5 Å². The van der Waals surface area contributed by atoms with E-state index in [4.69, 9.17) is 4.74 Å². The molecule has 2 heterocycles. The van der Waals surface area contributed by atoms with E-state index in [2.05, 4.69) is 10.4 Å². The first-order valence-electron chi connectivity index (χ1n) is 7.99. The van der Waals surface area contributed by atoms with Crippen LogP contribution in [0, 0.1) is 17.6 Å². The Morgan fingerprint density at radius 1 is 1.20 bits per heavy atom. The van der Waals surface area contributed by atoms with Crippen molar-refractivity contribution < 1.29 is 13.5 Å². The maximum Gasteiger partial charge on any atom is 0.241 e. The van der Waals surface area contributed by atoms with Crippen LogP contribution in [0.3, 0.4) is 0 Å². The first-order valence-corrected chi connectivity index (χ1v) is 7.99. The number of rotatable bonds is 4. The van der Waals surface area contributed by atoms with Crippen LogP contribution in [0.25, 0.3) is 16.6 Å². The molecular formula is C18H18ClF2N3O. The van der Waals surface area contributed by atoms with Gasteiger partial charge in [0, 0.05) is 18.5 Å². The number of benzene rings is 2. The third kappa shape index (κ3) is 3.45. The Morgan fingerprint density at radius 2 is 2.04 bits per heavy atom. The molecule has 1 aromatic heterocycles. The fourth-order valence-corrected chi connectivity index (χ4v) is 3.03. The summed E-state index contributed by atoms with van der Waals surface area (Å²) in [4.78, 5) is 0. The maximum absolute atomic E-state index is 14.1. The average molecular weight is 366 g/mol. The van der Waals surface area contributed by atoms with Gasteiger partial charge in [-0.2, -0.15) is 0 Å². The Bertz CT molecular complexity index is 878. The summed E-state index contributed by atoms with van der Waals surface area (Å²) in [5.74, 6) is -0.150. The van der Waals surface area contributed by atoms with Crippen LogP contribution in [0.4, 0.5) is 8.78 Å². The second kappa shape index (κ2) is 7.37. The van der Waals surface area contributed by atoms with Gasteiger partial charge in [-0.1, -0.05) is 12.1 Å². The molecule has 1 fully saturated rings. The summed E-state index contributed by atoms with van der Waals surface area (Å²) in [6.07, 6.45) is 1.07. The first-order chi connectivity index (χ1) is 11.7. The first kappa shape index (κ1) is 17.6. The molecule has 3 aromatic rings. The second-order valence-electron chi connectivity index (χ2n) is 6.00. The van der Waals surface area contributed by atoms with E-state index in [0.29, 0.717) is 23.9 Å². The smallest absolute Gasteiger partial charge is 0.241 e. The van der Waals surface area contributed by atoms with E-state index in [9.17, 15) is 8.78 Å². The fraction of sp³-hybridized carbons (Fsp3) is 0.278. The second-order valence-corrected chi connectivity index (χ2v) is 6.00. The van der Waals surface area contributed by atoms with Crippen molar-refractivity contribution in [1.82, 2.24) is 15.1 Å². The van der Waals surface area contributed by atoms with Crippen molar-refractivity contribution in [3.8, 4) is 11.6 Å². The minimum Gasteiger partial charge on any atom is -0.476 e. The molecule has 0 amide bonds. The molecule has 0 saturated carbocycles. The number of fused-ring (bicyclic) bond motifs is 1. The Morgan fingerprint density at radius 3 is 2.84 bits per heavy atom. The minimum atomic E-state index is -0.531. The van der Waals surface area contributed by atoms with Crippen molar-refractivity contribution >= 4 is 23.3 Å². The number of halogens is 3. The lowest BCUT2D eigenvalue weighted by molar-refractivity contribution is 0.252. The normalized spacial score (nSPS) is 16.8. The van der Waals surface area contributed by atoms with Crippen LogP contribution in [-0.4, -0.2) is 29.5 Å². The lowest BCUT2D eigenvalue weighted by Crippen LogP contribution is -2.15. The highest BCUT2D eigenvalue weighted by Gasteiger charge is 2.19. The van der Waals surface area contributed by atoms with Gasteiger partial charge in [0.2, 0.25) is 5.88 Å². The van der Waals surface area contributed by atoms with Gasteiger partial charge in [0.25, 0.3) is 0 Å². The molecule has 7 heteroatoms. The predicted octanol–water partition coefficient (Wildman–Crippen LogP) is 3.71. The summed E-state index contributed by atoms with van der Waals surface area (Å²) < 4.78 is 35.0. The molecule has 1 atom stereocenters. The number of aromatic nitrogens is 2. The molecule has 1 saturated heterocycles. The maximum atomic E-state index is 14.1. The highest BCUT2D eigenvalue weighted by molar-refractivity contribution is 5.86. The van der Waals surface area contributed by atoms with E-state index < -0.39 is 11.6 Å². The zero-order chi connectivity index (χ0) is 16.5. The fourth-order valence-electron chi connectivity index (χ4n) is 3.03. The number of ether oxygens (including phenoxy) is 1. The van der Waals surface area contributed by atoms with E-state index in [-0.39, 0.29) is 18.1 Å². The molecule has 1 aliphatic rings. The summed E-state index contributed by atoms with van der Waals surface area (Å²) in [5, 5.41) is 8.47. The third-order valence-corrected chi connectivity index (χ3v) is 4.31. The topological polar surface area (TPSA) is 39.1 Å². The highest BCUT2D eigenvalue weighted by Crippen LogP contribution is 2.29. The van der Waals surface area contributed by atoms with Crippen molar-refractivity contribution in [2.45, 2.75) is 6.42 Å². The largest absolute Gasteiger partial charge is 0.476 e. The molecule has 4 rings (SSSR count). The van der Waals surface area contributed by atoms with E-state index in [1.165, 1.54) is 4.68 Å². The van der Waals surface area contributed by atoms with Gasteiger partial charge in [0.15, 0.2) is 0 Å². The summed E-state index contributed by atoms with van der Waals surface area (Å²) in [7, 11) is 0. The quantitative estimate of drug-likeness (QED) is 0.766. The zero-order valence-corrected chi connectivity index (χ0v) is 14.2. The van der Waals surface area contributed by atoms with Gasteiger partial charge in [0.1, 0.15) is 17.3 Å². The minimum absolute atomic E-state index is 0. The molecule has 0 aliphatic carbocycles. The molecule has 2 aromatic carbocycles. The van der Waals surface area contributed by atoms with Crippen molar-refractivity contribution in [2.75, 3.05) is 19.7 Å². The monoisotopic (exact) mass is 365 g/mol. The van der Waals surface area contributed by atoms with Crippen LogP contribution in [-0.2, 0) is 0 Å². The van der Waals surface area contributed by atoms with Crippen LogP contribution < -0.4 is 10.1 Å². The molecule has 0 radical (unpaired) electrons. The average Bonchev–Trinajstić information content (AvgIpc) is 3.23. The van der Waals surface area contributed by atoms with Crippen LogP contribution >= 0.6 is 12.4 Å². The number of hydrogen-bond acceptors (Lipinski definition) is 3. The van der Waals surface area contributed by atoms with E-state index in [0.717, 1.165) is 43.1 Å². The Kier molecular flexibility index (Phi) is 5.20. The number of nitrogens with one attached hydrogen (secondary N) is 1. The van der Waals surface area contributed by atoms with Crippen LogP contribution in [0.5, 0.6) is 5.88 Å². The van der Waals surface area contributed by atoms with E-state index >= 15 is 0 Å². The highest BCUT2D eigenvalue weighted by atomic mass is 35.5. The summed E-state index contributed by atoms with van der Waals surface area (Å²) in [5.41, 5.74) is 0.755. The van der Waals surface area contributed by atoms with Crippen LogP contribution in [0.1, 0.15) is 6.42 Å². The molecule has 0 bridgehead atoms. The number of para-hydroxylation sites is 1. The number of nitrogens with zero attached hydrogens (tertiary/aromatic N) is 2. The van der Waals surface area contributed by atoms with Crippen molar-refractivity contribution in [2.24, 2.45) is 5.92 Å². The Hall–Kier alpha value is -2.18.